The van der Waals surface area contributed by atoms with Crippen LogP contribution in [0.5, 0.6) is 0 Å². The summed E-state index contributed by atoms with van der Waals surface area (Å²) in [6.45, 7) is 3.66. The van der Waals surface area contributed by atoms with Gasteiger partial charge >= 0.3 is 0 Å². The summed E-state index contributed by atoms with van der Waals surface area (Å²) in [6.07, 6.45) is 1.82. The van der Waals surface area contributed by atoms with Crippen LogP contribution < -0.4 is 0 Å². The van der Waals surface area contributed by atoms with Crippen LogP contribution in [-0.4, -0.2) is 0 Å². The highest BCUT2D eigenvalue weighted by Crippen LogP contribution is 2.19. The van der Waals surface area contributed by atoms with Crippen molar-refractivity contribution in [3.05, 3.63) is 48.6 Å². The number of benzene rings is 1. The number of hydrogen-bond acceptors (Lipinski definition) is 1. The van der Waals surface area contributed by atoms with E-state index in [0.717, 1.165) is 0 Å². The minimum Gasteiger partial charge on any atom is -0.167 e. The molecule has 1 aromatic carbocycles. The Balaban J connectivity index is 2.84. The van der Waals surface area contributed by atoms with Gasteiger partial charge in [0, 0.05) is 5.25 Å². The molecule has 1 heteroatoms. The lowest BCUT2D eigenvalue weighted by Crippen LogP contribution is -1.82. The van der Waals surface area contributed by atoms with E-state index in [1.54, 1.807) is 0 Å². The number of hydrogen-bond donors (Lipinski definition) is 1. The Labute approximate surface area is 67.0 Å². The van der Waals surface area contributed by atoms with E-state index in [2.05, 4.69) is 19.2 Å². The zero-order valence-electron chi connectivity index (χ0n) is 5.70. The molecule has 1 unspecified atom stereocenters. The van der Waals surface area contributed by atoms with Crippen molar-refractivity contribution in [2.75, 3.05) is 0 Å². The largest absolute Gasteiger partial charge is 0.167 e. The fourth-order valence-electron chi connectivity index (χ4n) is 0.786. The Morgan fingerprint density at radius 1 is 1.30 bits per heavy atom. The third-order valence-electron chi connectivity index (χ3n) is 1.36. The van der Waals surface area contributed by atoms with Crippen LogP contribution in [0.3, 0.4) is 0 Å². The Bertz CT molecular complexity index is 203. The zero-order valence-corrected chi connectivity index (χ0v) is 6.59. The van der Waals surface area contributed by atoms with Crippen LogP contribution in [0.4, 0.5) is 0 Å². The maximum Gasteiger partial charge on any atom is 0.0444 e. The van der Waals surface area contributed by atoms with Gasteiger partial charge in [-0.2, -0.15) is 12.6 Å². The summed E-state index contributed by atoms with van der Waals surface area (Å²) in [4.78, 5) is 0. The molecule has 0 radical (unpaired) electrons. The highest BCUT2D eigenvalue weighted by molar-refractivity contribution is 7.80. The van der Waals surface area contributed by atoms with E-state index in [0.29, 0.717) is 0 Å². The normalized spacial score (nSPS) is 12.5. The quantitative estimate of drug-likeness (QED) is 0.489. The molecule has 0 fully saturated rings. The zero-order chi connectivity index (χ0) is 7.40. The molecule has 0 aliphatic rings. The first-order valence-electron chi connectivity index (χ1n) is 3.20. The molecule has 0 aliphatic carbocycles. The first-order valence-corrected chi connectivity index (χ1v) is 3.72. The van der Waals surface area contributed by atoms with Crippen molar-refractivity contribution in [2.24, 2.45) is 0 Å². The smallest absolute Gasteiger partial charge is 0.0444 e. The van der Waals surface area contributed by atoms with Crippen molar-refractivity contribution in [2.45, 2.75) is 5.25 Å². The average molecular weight is 152 g/mol. The predicted octanol–water partition coefficient (Wildman–Crippen LogP) is 2.84. The van der Waals surface area contributed by atoms with E-state index < -0.39 is 0 Å². The van der Waals surface area contributed by atoms with Gasteiger partial charge in [-0.1, -0.05) is 36.4 Å². The van der Waals surface area contributed by atoms with Crippen LogP contribution in [0.15, 0.2) is 43.0 Å². The highest BCUT2D eigenvalue weighted by atomic mass is 32.1. The van der Waals surface area contributed by atoms with E-state index in [4.69, 9.17) is 0 Å². The van der Waals surface area contributed by atoms with Gasteiger partial charge in [0.25, 0.3) is 0 Å². The lowest BCUT2D eigenvalue weighted by atomic mass is 10.5. The van der Waals surface area contributed by atoms with Crippen molar-refractivity contribution in [1.82, 2.24) is 0 Å². The van der Waals surface area contributed by atoms with Gasteiger partial charge in [0.15, 0.2) is 0 Å². The van der Waals surface area contributed by atoms with Gasteiger partial charge in [-0.3, -0.25) is 0 Å². The summed E-state index contributed by atoms with van der Waals surface area (Å²) in [6, 6.07) is 10.1. The third kappa shape index (κ3) is 1.64. The second kappa shape index (κ2) is 3.47. The minimum absolute atomic E-state index is 0.168. The summed E-state index contributed by atoms with van der Waals surface area (Å²) in [5, 5.41) is 0.168. The summed E-state index contributed by atoms with van der Waals surface area (Å²) in [5.41, 5.74) is 1.20. The number of thiol groups is 1. The molecule has 0 nitrogen and oxygen atoms in total. The molecule has 0 saturated carbocycles. The van der Waals surface area contributed by atoms with Crippen molar-refractivity contribution >= 4 is 12.6 Å². The predicted molar refractivity (Wildman–Crippen MR) is 48.4 cm³/mol. The average Bonchev–Trinajstić information content (AvgIpc) is 2.05. The van der Waals surface area contributed by atoms with Gasteiger partial charge in [-0.25, -0.2) is 0 Å². The molecule has 1 aromatic rings. The maximum atomic E-state index is 4.30. The number of rotatable bonds is 2. The third-order valence-corrected chi connectivity index (χ3v) is 1.87. The molecule has 0 saturated heterocycles. The standard InChI is InChI=1S/C9H10S/c1-2-9(10)8-6-4-3-5-7-8/h2-7,9-10H,1H2/i8+2. The van der Waals surface area contributed by atoms with Crippen LogP contribution in [0, 0.1) is 0 Å². The Morgan fingerprint density at radius 2 is 1.90 bits per heavy atom. The Kier molecular flexibility index (Phi) is 2.57. The summed E-state index contributed by atoms with van der Waals surface area (Å²) in [7, 11) is 0. The second-order valence-electron chi connectivity index (χ2n) is 2.09. The molecule has 0 spiro atoms. The fraction of sp³-hybridized carbons (Fsp3) is 0.111. The molecule has 0 N–H and O–H groups in total. The van der Waals surface area contributed by atoms with Gasteiger partial charge in [0.2, 0.25) is 0 Å². The molecule has 1 rings (SSSR count). The maximum absolute atomic E-state index is 4.30. The van der Waals surface area contributed by atoms with Crippen molar-refractivity contribution in [3.63, 3.8) is 0 Å². The van der Waals surface area contributed by atoms with Crippen LogP contribution >= 0.6 is 12.6 Å². The monoisotopic (exact) mass is 152 g/mol. The Hall–Kier alpha value is -0.690. The van der Waals surface area contributed by atoms with Crippen LogP contribution in [0.1, 0.15) is 10.8 Å². The van der Waals surface area contributed by atoms with E-state index in [9.17, 15) is 0 Å². The first kappa shape index (κ1) is 7.42. The SMILES string of the molecule is C=CC(S)[14c]1ccccc1. The molecule has 1 atom stereocenters. The van der Waals surface area contributed by atoms with Gasteiger partial charge in [-0.15, -0.1) is 6.58 Å². The first-order chi connectivity index (χ1) is 4.84. The molecular formula is C9H10S. The van der Waals surface area contributed by atoms with Gasteiger partial charge < -0.3 is 0 Å². The van der Waals surface area contributed by atoms with Crippen LogP contribution in [0.25, 0.3) is 0 Å². The topological polar surface area (TPSA) is 0 Å². The Morgan fingerprint density at radius 3 is 2.40 bits per heavy atom. The van der Waals surface area contributed by atoms with Gasteiger partial charge in [0.05, 0.1) is 0 Å². The van der Waals surface area contributed by atoms with Gasteiger partial charge in [0.1, 0.15) is 0 Å². The molecular weight excluding hydrogens is 142 g/mol. The molecule has 0 bridgehead atoms. The van der Waals surface area contributed by atoms with Crippen molar-refractivity contribution in [3.8, 4) is 0 Å². The summed E-state index contributed by atoms with van der Waals surface area (Å²) in [5.74, 6) is 0. The fourth-order valence-corrected chi connectivity index (χ4v) is 0.958. The molecule has 52 valence electrons. The van der Waals surface area contributed by atoms with E-state index >= 15 is 0 Å². The van der Waals surface area contributed by atoms with E-state index in [1.165, 1.54) is 5.56 Å². The van der Waals surface area contributed by atoms with E-state index in [1.807, 2.05) is 36.4 Å². The molecule has 0 heterocycles. The molecule has 0 aromatic heterocycles. The van der Waals surface area contributed by atoms with Crippen molar-refractivity contribution < 1.29 is 0 Å². The molecule has 0 amide bonds. The van der Waals surface area contributed by atoms with Gasteiger partial charge in [-0.05, 0) is 5.56 Å². The lowest BCUT2D eigenvalue weighted by molar-refractivity contribution is 1.25. The highest BCUT2D eigenvalue weighted by Gasteiger charge is 1.97. The minimum atomic E-state index is 0.168. The lowest BCUT2D eigenvalue weighted by Gasteiger charge is -2.02. The molecule has 10 heavy (non-hydrogen) atoms. The van der Waals surface area contributed by atoms with E-state index in [-0.39, 0.29) is 5.25 Å². The van der Waals surface area contributed by atoms with Crippen LogP contribution in [0.2, 0.25) is 0 Å². The second-order valence-corrected chi connectivity index (χ2v) is 2.65. The molecule has 0 aliphatic heterocycles. The summed E-state index contributed by atoms with van der Waals surface area (Å²) >= 11 is 4.30. The van der Waals surface area contributed by atoms with Crippen molar-refractivity contribution in [1.29, 1.82) is 0 Å². The van der Waals surface area contributed by atoms with Crippen LogP contribution in [-0.2, 0) is 0 Å². The summed E-state index contributed by atoms with van der Waals surface area (Å²) < 4.78 is 0.